The third-order valence-electron chi connectivity index (χ3n) is 1.96. The van der Waals surface area contributed by atoms with Crippen LogP contribution in [0.4, 0.5) is 0 Å². The zero-order valence-electron chi connectivity index (χ0n) is 6.74. The predicted molar refractivity (Wildman–Crippen MR) is 45.6 cm³/mol. The molecule has 13 heavy (non-hydrogen) atoms. The van der Waals surface area contributed by atoms with Crippen molar-refractivity contribution >= 4 is 17.5 Å². The molecular weight excluding hydrogens is 194 g/mol. The second kappa shape index (κ2) is 3.05. The fraction of sp³-hybridized carbons (Fsp3) is 0.375. The molecule has 1 fully saturated rings. The number of furan rings is 1. The zero-order valence-corrected chi connectivity index (χ0v) is 7.49. The van der Waals surface area contributed by atoms with E-state index in [1.54, 1.807) is 0 Å². The molecule has 1 aliphatic rings. The summed E-state index contributed by atoms with van der Waals surface area (Å²) >= 11 is 5.69. The van der Waals surface area contributed by atoms with Crippen LogP contribution in [-0.4, -0.2) is 35.1 Å². The van der Waals surface area contributed by atoms with Gasteiger partial charge in [0.2, 0.25) is 5.76 Å². The number of aliphatic hydroxyl groups excluding tert-OH is 1. The Bertz CT molecular complexity index is 330. The lowest BCUT2D eigenvalue weighted by Crippen LogP contribution is -2.53. The lowest BCUT2D eigenvalue weighted by atomic mass is 10.1. The van der Waals surface area contributed by atoms with Gasteiger partial charge in [0.05, 0.1) is 17.4 Å². The van der Waals surface area contributed by atoms with Gasteiger partial charge in [0, 0.05) is 13.1 Å². The number of halogens is 1. The van der Waals surface area contributed by atoms with Gasteiger partial charge in [0.1, 0.15) is 0 Å². The summed E-state index contributed by atoms with van der Waals surface area (Å²) < 4.78 is 4.91. The molecule has 1 saturated heterocycles. The smallest absolute Gasteiger partial charge is 0.291 e. The van der Waals surface area contributed by atoms with Crippen molar-refractivity contribution in [3.05, 3.63) is 23.1 Å². The average molecular weight is 202 g/mol. The molecule has 4 nitrogen and oxygen atoms in total. The number of carbonyl (C=O) groups excluding carboxylic acids is 1. The summed E-state index contributed by atoms with van der Waals surface area (Å²) in [5, 5.41) is 9.29. The van der Waals surface area contributed by atoms with Crippen LogP contribution in [0.2, 0.25) is 5.02 Å². The number of β-amino-alcohol motifs (C(OH)–C–C–N with tert-alkyl or cyclic N) is 1. The van der Waals surface area contributed by atoms with E-state index in [4.69, 9.17) is 21.1 Å². The quantitative estimate of drug-likeness (QED) is 0.730. The van der Waals surface area contributed by atoms with Gasteiger partial charge in [0.15, 0.2) is 0 Å². The maximum absolute atomic E-state index is 11.5. The molecule has 0 unspecified atom stereocenters. The fourth-order valence-corrected chi connectivity index (χ4v) is 1.39. The van der Waals surface area contributed by atoms with E-state index in [0.29, 0.717) is 18.1 Å². The Morgan fingerprint density at radius 3 is 2.85 bits per heavy atom. The summed E-state index contributed by atoms with van der Waals surface area (Å²) in [7, 11) is 0. The number of carbonyl (C=O) groups is 1. The van der Waals surface area contributed by atoms with Gasteiger partial charge in [0.25, 0.3) is 5.91 Å². The van der Waals surface area contributed by atoms with Crippen molar-refractivity contribution < 1.29 is 14.3 Å². The molecule has 0 atom stereocenters. The lowest BCUT2D eigenvalue weighted by Gasteiger charge is -2.35. The van der Waals surface area contributed by atoms with Crippen molar-refractivity contribution in [1.29, 1.82) is 0 Å². The number of aliphatic hydroxyl groups is 1. The molecule has 0 saturated carbocycles. The highest BCUT2D eigenvalue weighted by Gasteiger charge is 2.31. The number of rotatable bonds is 1. The Balaban J connectivity index is 2.10. The van der Waals surface area contributed by atoms with E-state index >= 15 is 0 Å². The van der Waals surface area contributed by atoms with Crippen LogP contribution in [-0.2, 0) is 0 Å². The number of likely N-dealkylation sites (tertiary alicyclic amines) is 1. The standard InChI is InChI=1S/C8H8ClNO3/c9-6-1-2-13-7(6)8(12)10-3-5(11)4-10/h1-2,5,11H,3-4H2. The number of hydrogen-bond acceptors (Lipinski definition) is 3. The third-order valence-corrected chi connectivity index (χ3v) is 2.26. The van der Waals surface area contributed by atoms with E-state index in [-0.39, 0.29) is 11.7 Å². The maximum atomic E-state index is 11.5. The summed E-state index contributed by atoms with van der Waals surface area (Å²) in [5.74, 6) is -0.117. The molecule has 1 N–H and O–H groups in total. The number of nitrogens with zero attached hydrogens (tertiary/aromatic N) is 1. The van der Waals surface area contributed by atoms with E-state index in [2.05, 4.69) is 0 Å². The number of hydrogen-bond donors (Lipinski definition) is 1. The van der Waals surface area contributed by atoms with E-state index in [9.17, 15) is 4.79 Å². The highest BCUT2D eigenvalue weighted by atomic mass is 35.5. The molecule has 0 aliphatic carbocycles. The van der Waals surface area contributed by atoms with Crippen molar-refractivity contribution in [1.82, 2.24) is 4.90 Å². The van der Waals surface area contributed by atoms with Crippen LogP contribution in [0.3, 0.4) is 0 Å². The van der Waals surface area contributed by atoms with Crippen LogP contribution in [0.15, 0.2) is 16.7 Å². The van der Waals surface area contributed by atoms with Gasteiger partial charge in [-0.2, -0.15) is 0 Å². The highest BCUT2D eigenvalue weighted by molar-refractivity contribution is 6.33. The Morgan fingerprint density at radius 2 is 2.38 bits per heavy atom. The van der Waals surface area contributed by atoms with Gasteiger partial charge in [-0.15, -0.1) is 0 Å². The maximum Gasteiger partial charge on any atom is 0.291 e. The van der Waals surface area contributed by atoms with Gasteiger partial charge in [-0.05, 0) is 6.07 Å². The zero-order chi connectivity index (χ0) is 9.42. The largest absolute Gasteiger partial charge is 0.458 e. The first-order chi connectivity index (χ1) is 6.18. The minimum absolute atomic E-state index is 0.147. The summed E-state index contributed by atoms with van der Waals surface area (Å²) in [6, 6.07) is 1.52. The molecule has 2 rings (SSSR count). The second-order valence-corrected chi connectivity index (χ2v) is 3.37. The summed E-state index contributed by atoms with van der Waals surface area (Å²) in [6.07, 6.45) is 0.962. The first-order valence-corrected chi connectivity index (χ1v) is 4.26. The van der Waals surface area contributed by atoms with Crippen LogP contribution in [0.5, 0.6) is 0 Å². The summed E-state index contributed by atoms with van der Waals surface area (Å²) in [5.41, 5.74) is 0. The van der Waals surface area contributed by atoms with Crippen molar-refractivity contribution in [3.63, 3.8) is 0 Å². The molecule has 5 heteroatoms. The summed E-state index contributed by atoms with van der Waals surface area (Å²) in [4.78, 5) is 13.0. The Labute approximate surface area is 79.7 Å². The van der Waals surface area contributed by atoms with Gasteiger partial charge in [-0.3, -0.25) is 4.79 Å². The molecule has 1 aromatic rings. The average Bonchev–Trinajstić information content (AvgIpc) is 2.44. The van der Waals surface area contributed by atoms with Crippen molar-refractivity contribution in [2.75, 3.05) is 13.1 Å². The lowest BCUT2D eigenvalue weighted by molar-refractivity contribution is 0.00394. The van der Waals surface area contributed by atoms with E-state index < -0.39 is 6.10 Å². The minimum Gasteiger partial charge on any atom is -0.458 e. The second-order valence-electron chi connectivity index (χ2n) is 2.96. The molecule has 0 spiro atoms. The Kier molecular flexibility index (Phi) is 2.01. The van der Waals surface area contributed by atoms with Crippen molar-refractivity contribution in [2.45, 2.75) is 6.10 Å². The monoisotopic (exact) mass is 201 g/mol. The molecular formula is C8H8ClNO3. The number of amides is 1. The van der Waals surface area contributed by atoms with Gasteiger partial charge in [-0.1, -0.05) is 11.6 Å². The highest BCUT2D eigenvalue weighted by Crippen LogP contribution is 2.21. The molecule has 1 aliphatic heterocycles. The molecule has 0 aromatic carbocycles. The van der Waals surface area contributed by atoms with Crippen LogP contribution in [0, 0.1) is 0 Å². The first kappa shape index (κ1) is 8.59. The van der Waals surface area contributed by atoms with Crippen LogP contribution in [0.1, 0.15) is 10.6 Å². The van der Waals surface area contributed by atoms with Crippen LogP contribution >= 0.6 is 11.6 Å². The van der Waals surface area contributed by atoms with Gasteiger partial charge in [-0.25, -0.2) is 0 Å². The molecule has 1 aromatic heterocycles. The van der Waals surface area contributed by atoms with Crippen LogP contribution in [0.25, 0.3) is 0 Å². The molecule has 0 radical (unpaired) electrons. The SMILES string of the molecule is O=C(c1occc1Cl)N1CC(O)C1. The van der Waals surface area contributed by atoms with Gasteiger partial charge < -0.3 is 14.4 Å². The van der Waals surface area contributed by atoms with Gasteiger partial charge >= 0.3 is 0 Å². The van der Waals surface area contributed by atoms with E-state index in [0.717, 1.165) is 0 Å². The Hall–Kier alpha value is -1.00. The molecule has 0 bridgehead atoms. The molecule has 70 valence electrons. The van der Waals surface area contributed by atoms with Crippen LogP contribution < -0.4 is 0 Å². The van der Waals surface area contributed by atoms with Crippen molar-refractivity contribution in [2.24, 2.45) is 0 Å². The topological polar surface area (TPSA) is 53.7 Å². The fourth-order valence-electron chi connectivity index (χ4n) is 1.21. The van der Waals surface area contributed by atoms with E-state index in [1.165, 1.54) is 17.2 Å². The Morgan fingerprint density at radius 1 is 1.69 bits per heavy atom. The molecule has 2 heterocycles. The summed E-state index contributed by atoms with van der Waals surface area (Å²) in [6.45, 7) is 0.714. The predicted octanol–water partition coefficient (Wildman–Crippen LogP) is 0.750. The minimum atomic E-state index is -0.405. The normalized spacial score (nSPS) is 17.2. The molecule has 1 amide bonds. The van der Waals surface area contributed by atoms with E-state index in [1.807, 2.05) is 0 Å². The van der Waals surface area contributed by atoms with Crippen molar-refractivity contribution in [3.8, 4) is 0 Å². The first-order valence-electron chi connectivity index (χ1n) is 3.89. The third kappa shape index (κ3) is 1.43.